The zero-order chi connectivity index (χ0) is 13.5. The Kier molecular flexibility index (Phi) is 2.44. The van der Waals surface area contributed by atoms with Crippen molar-refractivity contribution in [2.45, 2.75) is 0 Å². The minimum absolute atomic E-state index is 0.180. The first-order valence-electron chi connectivity index (χ1n) is 6.07. The highest BCUT2D eigenvalue weighted by molar-refractivity contribution is 6.28. The number of nitrogens with zero attached hydrogens (tertiary/aromatic N) is 3. The zero-order valence-corrected chi connectivity index (χ0v) is 11.0. The summed E-state index contributed by atoms with van der Waals surface area (Å²) in [6.45, 7) is 0. The summed E-state index contributed by atoms with van der Waals surface area (Å²) in [7, 11) is 0. The number of fused-ring (bicyclic) bond motifs is 3. The van der Waals surface area contributed by atoms with Gasteiger partial charge in [0.15, 0.2) is 5.82 Å². The second-order valence-electron chi connectivity index (χ2n) is 4.39. The monoisotopic (exact) mass is 281 g/mol. The Morgan fingerprint density at radius 1 is 0.900 bits per heavy atom. The normalized spacial score (nSPS) is 11.2. The van der Waals surface area contributed by atoms with Gasteiger partial charge in [0.25, 0.3) is 0 Å². The van der Waals surface area contributed by atoms with E-state index in [1.165, 1.54) is 6.33 Å². The lowest BCUT2D eigenvalue weighted by Gasteiger charge is -1.99. The number of benzene rings is 2. The summed E-state index contributed by atoms with van der Waals surface area (Å²) in [5.41, 5.74) is 2.52. The molecule has 0 amide bonds. The largest absolute Gasteiger partial charge is 0.456 e. The number of aromatic nitrogens is 3. The summed E-state index contributed by atoms with van der Waals surface area (Å²) in [6, 6.07) is 13.8. The molecule has 0 aliphatic heterocycles. The molecule has 2 aromatic heterocycles. The molecule has 20 heavy (non-hydrogen) atoms. The molecule has 0 unspecified atom stereocenters. The zero-order valence-electron chi connectivity index (χ0n) is 10.2. The lowest BCUT2D eigenvalue weighted by molar-refractivity contribution is 0.669. The highest BCUT2D eigenvalue weighted by atomic mass is 35.5. The van der Waals surface area contributed by atoms with Crippen molar-refractivity contribution in [1.29, 1.82) is 0 Å². The SMILES string of the molecule is Clc1ncnc(-c2ccc3c(c2)oc2ccccc23)n1. The minimum atomic E-state index is 0.180. The van der Waals surface area contributed by atoms with Crippen molar-refractivity contribution in [2.75, 3.05) is 0 Å². The van der Waals surface area contributed by atoms with Crippen molar-refractivity contribution >= 4 is 33.5 Å². The Bertz CT molecular complexity index is 933. The molecule has 0 radical (unpaired) electrons. The van der Waals surface area contributed by atoms with E-state index in [1.54, 1.807) is 0 Å². The predicted molar refractivity (Wildman–Crippen MR) is 77.6 cm³/mol. The van der Waals surface area contributed by atoms with Gasteiger partial charge in [0, 0.05) is 16.3 Å². The van der Waals surface area contributed by atoms with Crippen molar-refractivity contribution in [2.24, 2.45) is 0 Å². The molecule has 0 bridgehead atoms. The van der Waals surface area contributed by atoms with Crippen molar-refractivity contribution in [1.82, 2.24) is 15.0 Å². The van der Waals surface area contributed by atoms with Gasteiger partial charge in [0.05, 0.1) is 0 Å². The summed E-state index contributed by atoms with van der Waals surface area (Å²) >= 11 is 5.79. The molecule has 0 spiro atoms. The number of halogens is 1. The van der Waals surface area contributed by atoms with Crippen molar-refractivity contribution in [3.63, 3.8) is 0 Å². The van der Waals surface area contributed by atoms with E-state index in [2.05, 4.69) is 15.0 Å². The summed E-state index contributed by atoms with van der Waals surface area (Å²) in [5, 5.41) is 2.35. The third-order valence-electron chi connectivity index (χ3n) is 3.18. The van der Waals surface area contributed by atoms with Crippen molar-refractivity contribution in [3.8, 4) is 11.4 Å². The molecule has 0 N–H and O–H groups in total. The van der Waals surface area contributed by atoms with E-state index in [0.717, 1.165) is 27.5 Å². The van der Waals surface area contributed by atoms with Gasteiger partial charge in [-0.15, -0.1) is 0 Å². The maximum absolute atomic E-state index is 5.84. The molecular formula is C15H8ClN3O. The number of para-hydroxylation sites is 1. The van der Waals surface area contributed by atoms with E-state index in [4.69, 9.17) is 16.0 Å². The molecule has 4 nitrogen and oxygen atoms in total. The average Bonchev–Trinajstić information content (AvgIpc) is 2.85. The minimum Gasteiger partial charge on any atom is -0.456 e. The summed E-state index contributed by atoms with van der Waals surface area (Å²) in [4.78, 5) is 12.0. The molecule has 0 atom stereocenters. The lowest BCUT2D eigenvalue weighted by atomic mass is 10.1. The Hall–Kier alpha value is -2.46. The van der Waals surface area contributed by atoms with Gasteiger partial charge in [-0.1, -0.05) is 24.3 Å². The van der Waals surface area contributed by atoms with Crippen LogP contribution in [-0.2, 0) is 0 Å². The van der Waals surface area contributed by atoms with Crippen LogP contribution in [0.1, 0.15) is 0 Å². The van der Waals surface area contributed by atoms with E-state index in [1.807, 2.05) is 42.5 Å². The maximum atomic E-state index is 5.84. The molecule has 2 aromatic carbocycles. The van der Waals surface area contributed by atoms with Gasteiger partial charge in [-0.05, 0) is 29.8 Å². The van der Waals surface area contributed by atoms with Gasteiger partial charge >= 0.3 is 0 Å². The van der Waals surface area contributed by atoms with Crippen LogP contribution in [0.3, 0.4) is 0 Å². The van der Waals surface area contributed by atoms with Crippen LogP contribution in [0.4, 0.5) is 0 Å². The van der Waals surface area contributed by atoms with Crippen LogP contribution < -0.4 is 0 Å². The lowest BCUT2D eigenvalue weighted by Crippen LogP contribution is -1.90. The third-order valence-corrected chi connectivity index (χ3v) is 3.36. The van der Waals surface area contributed by atoms with Crippen molar-refractivity contribution < 1.29 is 4.42 Å². The van der Waals surface area contributed by atoms with E-state index < -0.39 is 0 Å². The molecule has 0 aliphatic rings. The quantitative estimate of drug-likeness (QED) is 0.527. The van der Waals surface area contributed by atoms with Gasteiger partial charge in [-0.2, -0.15) is 4.98 Å². The smallest absolute Gasteiger partial charge is 0.225 e. The predicted octanol–water partition coefficient (Wildman–Crippen LogP) is 4.09. The fraction of sp³-hybridized carbons (Fsp3) is 0. The van der Waals surface area contributed by atoms with Crippen LogP contribution in [-0.4, -0.2) is 15.0 Å². The van der Waals surface area contributed by atoms with Gasteiger partial charge in [-0.25, -0.2) is 9.97 Å². The topological polar surface area (TPSA) is 51.8 Å². The second-order valence-corrected chi connectivity index (χ2v) is 4.73. The Morgan fingerprint density at radius 2 is 1.75 bits per heavy atom. The molecule has 4 rings (SSSR count). The van der Waals surface area contributed by atoms with E-state index in [-0.39, 0.29) is 5.28 Å². The Morgan fingerprint density at radius 3 is 2.65 bits per heavy atom. The molecule has 0 saturated heterocycles. The highest BCUT2D eigenvalue weighted by Crippen LogP contribution is 2.31. The molecule has 5 heteroatoms. The van der Waals surface area contributed by atoms with Crippen LogP contribution in [0.2, 0.25) is 5.28 Å². The third kappa shape index (κ3) is 1.73. The average molecular weight is 282 g/mol. The van der Waals surface area contributed by atoms with Crippen LogP contribution in [0.15, 0.2) is 53.2 Å². The van der Waals surface area contributed by atoms with Gasteiger partial charge in [0.2, 0.25) is 5.28 Å². The number of furan rings is 1. The van der Waals surface area contributed by atoms with E-state index in [9.17, 15) is 0 Å². The first kappa shape index (κ1) is 11.4. The van der Waals surface area contributed by atoms with Gasteiger partial charge in [-0.3, -0.25) is 0 Å². The van der Waals surface area contributed by atoms with Crippen LogP contribution in [0, 0.1) is 0 Å². The summed E-state index contributed by atoms with van der Waals surface area (Å²) in [6.07, 6.45) is 1.40. The Labute approximate surface area is 119 Å². The second kappa shape index (κ2) is 4.28. The van der Waals surface area contributed by atoms with Crippen LogP contribution >= 0.6 is 11.6 Å². The number of hydrogen-bond donors (Lipinski definition) is 0. The molecule has 0 fully saturated rings. The molecule has 0 saturated carbocycles. The van der Waals surface area contributed by atoms with Crippen molar-refractivity contribution in [3.05, 3.63) is 54.1 Å². The Balaban J connectivity index is 1.97. The van der Waals surface area contributed by atoms with Gasteiger partial charge < -0.3 is 4.42 Å². The van der Waals surface area contributed by atoms with E-state index >= 15 is 0 Å². The standard InChI is InChI=1S/C15H8ClN3O/c16-15-18-8-17-14(19-15)9-5-6-11-10-3-1-2-4-12(10)20-13(11)7-9/h1-8H. The highest BCUT2D eigenvalue weighted by Gasteiger charge is 2.09. The van der Waals surface area contributed by atoms with Crippen LogP contribution in [0.25, 0.3) is 33.3 Å². The number of rotatable bonds is 1. The first-order chi connectivity index (χ1) is 9.81. The maximum Gasteiger partial charge on any atom is 0.225 e. The van der Waals surface area contributed by atoms with E-state index in [0.29, 0.717) is 5.82 Å². The molecule has 0 aliphatic carbocycles. The molecular weight excluding hydrogens is 274 g/mol. The first-order valence-corrected chi connectivity index (χ1v) is 6.45. The fourth-order valence-electron chi connectivity index (χ4n) is 2.28. The molecule has 2 heterocycles. The molecule has 96 valence electrons. The molecule has 4 aromatic rings. The summed E-state index contributed by atoms with van der Waals surface area (Å²) < 4.78 is 5.84. The van der Waals surface area contributed by atoms with Crippen LogP contribution in [0.5, 0.6) is 0 Å². The van der Waals surface area contributed by atoms with Gasteiger partial charge in [0.1, 0.15) is 17.5 Å². The number of hydrogen-bond acceptors (Lipinski definition) is 4. The summed E-state index contributed by atoms with van der Waals surface area (Å²) in [5.74, 6) is 0.535. The fourth-order valence-corrected chi connectivity index (χ4v) is 2.40.